The first-order chi connectivity index (χ1) is 8.70. The summed E-state index contributed by atoms with van der Waals surface area (Å²) < 4.78 is 19.2. The van der Waals surface area contributed by atoms with Crippen LogP contribution in [0.15, 0.2) is 6.07 Å². The fourth-order valence-corrected chi connectivity index (χ4v) is 2.55. The Balaban J connectivity index is 2.66. The molecule has 19 heavy (non-hydrogen) atoms. The topological polar surface area (TPSA) is 85.4 Å². The third-order valence-electron chi connectivity index (χ3n) is 2.57. The van der Waals surface area contributed by atoms with Gasteiger partial charge in [0.1, 0.15) is 5.52 Å². The van der Waals surface area contributed by atoms with Gasteiger partial charge >= 0.3 is 6.09 Å². The summed E-state index contributed by atoms with van der Waals surface area (Å²) >= 11 is 1.02. The number of phenolic OH excluding ortho intramolecular Hbond substituents is 1. The Morgan fingerprint density at radius 3 is 2.68 bits per heavy atom. The van der Waals surface area contributed by atoms with Crippen molar-refractivity contribution < 1.29 is 19.0 Å². The van der Waals surface area contributed by atoms with E-state index < -0.39 is 23.1 Å². The summed E-state index contributed by atoms with van der Waals surface area (Å²) in [5, 5.41) is 9.82. The van der Waals surface area contributed by atoms with Crippen LogP contribution in [0.5, 0.6) is 10.9 Å². The van der Waals surface area contributed by atoms with Gasteiger partial charge in [-0.25, -0.2) is 9.18 Å². The Bertz CT molecular complexity index is 661. The van der Waals surface area contributed by atoms with Crippen molar-refractivity contribution in [2.24, 2.45) is 5.73 Å². The number of hydrogen-bond donors (Lipinski definition) is 2. The molecule has 0 radical (unpaired) electrons. The highest BCUT2D eigenvalue weighted by atomic mass is 32.1. The largest absolute Gasteiger partial charge is 0.503 e. The number of phenols is 1. The molecule has 0 fully saturated rings. The number of nitrogens with zero attached hydrogens (tertiary/aromatic N) is 1. The number of fused-ring (bicyclic) bond motifs is 1. The standard InChI is InChI=1S/C12H13FN2O3S/c1-12(2,3)5-4-6-8(9(16)7(5)13)15-11(19-6)18-10(14)17/h4,16H,1-3H3,(H2,14,17). The fraction of sp³-hybridized carbons (Fsp3) is 0.333. The number of carbonyl (C=O) groups is 1. The van der Waals surface area contributed by atoms with Gasteiger partial charge in [-0.2, -0.15) is 4.98 Å². The van der Waals surface area contributed by atoms with Crippen LogP contribution in [0, 0.1) is 5.82 Å². The van der Waals surface area contributed by atoms with Gasteiger partial charge in [-0.05, 0) is 17.0 Å². The van der Waals surface area contributed by atoms with E-state index in [-0.39, 0.29) is 10.7 Å². The molecule has 1 heterocycles. The van der Waals surface area contributed by atoms with Crippen LogP contribution in [0.2, 0.25) is 0 Å². The highest BCUT2D eigenvalue weighted by Gasteiger charge is 2.25. The molecule has 0 spiro atoms. The normalized spacial score (nSPS) is 11.8. The molecule has 3 N–H and O–H groups in total. The molecule has 0 saturated carbocycles. The lowest BCUT2D eigenvalue weighted by Crippen LogP contribution is -2.15. The highest BCUT2D eigenvalue weighted by Crippen LogP contribution is 2.40. The number of aromatic hydroxyl groups is 1. The molecule has 0 atom stereocenters. The van der Waals surface area contributed by atoms with E-state index in [1.165, 1.54) is 0 Å². The predicted molar refractivity (Wildman–Crippen MR) is 70.2 cm³/mol. The van der Waals surface area contributed by atoms with Crippen LogP contribution in [-0.4, -0.2) is 16.2 Å². The van der Waals surface area contributed by atoms with Crippen molar-refractivity contribution in [3.05, 3.63) is 17.4 Å². The lowest BCUT2D eigenvalue weighted by molar-refractivity contribution is 0.211. The quantitative estimate of drug-likeness (QED) is 0.843. The molecule has 5 nitrogen and oxygen atoms in total. The Kier molecular flexibility index (Phi) is 3.09. The molecule has 102 valence electrons. The Morgan fingerprint density at radius 1 is 1.53 bits per heavy atom. The number of benzene rings is 1. The molecule has 2 rings (SSSR count). The maximum Gasteiger partial charge on any atom is 0.411 e. The molecule has 0 saturated heterocycles. The van der Waals surface area contributed by atoms with Crippen LogP contribution in [-0.2, 0) is 5.41 Å². The number of nitrogens with two attached hydrogens (primary N) is 1. The number of thiazole rings is 1. The van der Waals surface area contributed by atoms with Gasteiger partial charge < -0.3 is 15.6 Å². The maximum absolute atomic E-state index is 14.1. The predicted octanol–water partition coefficient (Wildman–Crippen LogP) is 2.90. The molecule has 2 aromatic rings. The Morgan fingerprint density at radius 2 is 2.16 bits per heavy atom. The van der Waals surface area contributed by atoms with Gasteiger partial charge in [-0.3, -0.25) is 0 Å². The minimum atomic E-state index is -1.00. The van der Waals surface area contributed by atoms with E-state index in [4.69, 9.17) is 5.73 Å². The van der Waals surface area contributed by atoms with Crippen molar-refractivity contribution in [3.8, 4) is 10.9 Å². The summed E-state index contributed by atoms with van der Waals surface area (Å²) in [6.45, 7) is 5.50. The summed E-state index contributed by atoms with van der Waals surface area (Å²) in [5.74, 6) is -1.26. The molecule has 1 aromatic carbocycles. The van der Waals surface area contributed by atoms with Crippen LogP contribution in [0.25, 0.3) is 10.2 Å². The molecule has 1 aromatic heterocycles. The molecular formula is C12H13FN2O3S. The smallest absolute Gasteiger partial charge is 0.411 e. The summed E-state index contributed by atoms with van der Waals surface area (Å²) in [7, 11) is 0. The monoisotopic (exact) mass is 284 g/mol. The summed E-state index contributed by atoms with van der Waals surface area (Å²) in [6.07, 6.45) is -1.00. The number of halogens is 1. The first-order valence-corrected chi connectivity index (χ1v) is 6.31. The van der Waals surface area contributed by atoms with Gasteiger partial charge in [0.25, 0.3) is 5.19 Å². The highest BCUT2D eigenvalue weighted by molar-refractivity contribution is 7.20. The first-order valence-electron chi connectivity index (χ1n) is 5.50. The van der Waals surface area contributed by atoms with Crippen LogP contribution in [0.1, 0.15) is 26.3 Å². The average Bonchev–Trinajstić information content (AvgIpc) is 2.63. The lowest BCUT2D eigenvalue weighted by Gasteiger charge is -2.20. The van der Waals surface area contributed by atoms with Crippen LogP contribution in [0.3, 0.4) is 0 Å². The Labute approximate surface area is 112 Å². The molecule has 0 unspecified atom stereocenters. The number of rotatable bonds is 1. The average molecular weight is 284 g/mol. The van der Waals surface area contributed by atoms with Crippen LogP contribution in [0.4, 0.5) is 9.18 Å². The maximum atomic E-state index is 14.1. The number of ether oxygens (including phenoxy) is 1. The van der Waals surface area contributed by atoms with Gasteiger partial charge in [0, 0.05) is 0 Å². The van der Waals surface area contributed by atoms with Gasteiger partial charge in [-0.1, -0.05) is 32.1 Å². The van der Waals surface area contributed by atoms with Crippen molar-refractivity contribution in [2.75, 3.05) is 0 Å². The van der Waals surface area contributed by atoms with E-state index in [0.29, 0.717) is 10.3 Å². The van der Waals surface area contributed by atoms with Gasteiger partial charge in [0.05, 0.1) is 4.70 Å². The van der Waals surface area contributed by atoms with E-state index >= 15 is 0 Å². The minimum absolute atomic E-state index is 0.0248. The van der Waals surface area contributed by atoms with E-state index in [0.717, 1.165) is 11.3 Å². The number of aromatic nitrogens is 1. The van der Waals surface area contributed by atoms with Gasteiger partial charge in [0.2, 0.25) is 0 Å². The van der Waals surface area contributed by atoms with Crippen LogP contribution >= 0.6 is 11.3 Å². The van der Waals surface area contributed by atoms with E-state index in [1.807, 2.05) is 20.8 Å². The van der Waals surface area contributed by atoms with Crippen molar-refractivity contribution in [3.63, 3.8) is 0 Å². The number of carbonyl (C=O) groups excluding carboxylic acids is 1. The summed E-state index contributed by atoms with van der Waals surface area (Å²) in [6, 6.07) is 1.59. The zero-order chi connectivity index (χ0) is 14.4. The summed E-state index contributed by atoms with van der Waals surface area (Å²) in [5.41, 5.74) is 4.84. The number of hydrogen-bond acceptors (Lipinski definition) is 5. The fourth-order valence-electron chi connectivity index (χ4n) is 1.68. The van der Waals surface area contributed by atoms with E-state index in [1.54, 1.807) is 6.07 Å². The second-order valence-corrected chi connectivity index (χ2v) is 6.08. The molecule has 1 amide bonds. The minimum Gasteiger partial charge on any atom is -0.503 e. The Hall–Kier alpha value is -1.89. The molecule has 7 heteroatoms. The number of primary amides is 1. The van der Waals surface area contributed by atoms with E-state index in [9.17, 15) is 14.3 Å². The SMILES string of the molecule is CC(C)(C)c1cc2sc(OC(N)=O)nc2c(O)c1F. The first kappa shape index (κ1) is 13.5. The number of amides is 1. The van der Waals surface area contributed by atoms with Crippen molar-refractivity contribution in [1.29, 1.82) is 0 Å². The second kappa shape index (κ2) is 4.34. The van der Waals surface area contributed by atoms with Crippen molar-refractivity contribution in [2.45, 2.75) is 26.2 Å². The summed E-state index contributed by atoms with van der Waals surface area (Å²) in [4.78, 5) is 14.5. The second-order valence-electron chi connectivity index (χ2n) is 5.08. The molecule has 0 bridgehead atoms. The van der Waals surface area contributed by atoms with Crippen molar-refractivity contribution >= 4 is 27.6 Å². The zero-order valence-corrected chi connectivity index (χ0v) is 11.5. The van der Waals surface area contributed by atoms with Gasteiger partial charge in [0.15, 0.2) is 11.6 Å². The van der Waals surface area contributed by atoms with Crippen molar-refractivity contribution in [1.82, 2.24) is 4.98 Å². The third-order valence-corrected chi connectivity index (χ3v) is 3.45. The zero-order valence-electron chi connectivity index (χ0n) is 10.7. The van der Waals surface area contributed by atoms with E-state index in [2.05, 4.69) is 9.72 Å². The molecule has 0 aliphatic heterocycles. The molecule has 0 aliphatic rings. The third kappa shape index (κ3) is 2.46. The van der Waals surface area contributed by atoms with Gasteiger partial charge in [-0.15, -0.1) is 0 Å². The van der Waals surface area contributed by atoms with Crippen LogP contribution < -0.4 is 10.5 Å². The lowest BCUT2D eigenvalue weighted by atomic mass is 9.86. The molecule has 0 aliphatic carbocycles. The molecular weight excluding hydrogens is 271 g/mol.